The zero-order valence-electron chi connectivity index (χ0n) is 19.5. The number of hydrogen-bond donors (Lipinski definition) is 1. The van der Waals surface area contributed by atoms with Crippen LogP contribution in [0.3, 0.4) is 0 Å². The van der Waals surface area contributed by atoms with Gasteiger partial charge in [0.15, 0.2) is 0 Å². The molecule has 0 spiro atoms. The summed E-state index contributed by atoms with van der Waals surface area (Å²) in [6.45, 7) is 3.72. The minimum absolute atomic E-state index is 0.00447. The molecule has 0 aliphatic carbocycles. The number of benzene rings is 2. The van der Waals surface area contributed by atoms with Crippen LogP contribution in [0.25, 0.3) is 0 Å². The zero-order valence-corrected chi connectivity index (χ0v) is 21.0. The fourth-order valence-corrected chi connectivity index (χ4v) is 3.71. The predicted octanol–water partition coefficient (Wildman–Crippen LogP) is 4.24. The van der Waals surface area contributed by atoms with Crippen molar-refractivity contribution in [3.63, 3.8) is 0 Å². The smallest absolute Gasteiger partial charge is 0.338 e. The Morgan fingerprint density at radius 1 is 0.944 bits per heavy atom. The van der Waals surface area contributed by atoms with Crippen LogP contribution >= 0.6 is 23.2 Å². The minimum atomic E-state index is -1.03. The lowest BCUT2D eigenvalue weighted by molar-refractivity contribution is -0.0589. The lowest BCUT2D eigenvalue weighted by atomic mass is 10.1. The topological polar surface area (TPSA) is 117 Å². The third-order valence-corrected chi connectivity index (χ3v) is 5.66. The summed E-state index contributed by atoms with van der Waals surface area (Å²) in [5, 5.41) is 0.918. The van der Waals surface area contributed by atoms with Crippen molar-refractivity contribution in [2.75, 3.05) is 6.61 Å². The maximum Gasteiger partial charge on any atom is 0.338 e. The second kappa shape index (κ2) is 12.5. The van der Waals surface area contributed by atoms with Crippen LogP contribution in [0.2, 0.25) is 10.0 Å². The standard InChI is InChI=1S/C23H18Cl2N2O7.C2H6/c24-15-5-1-13(2-6-15)21(29)32-12-18-17(34-22(30)14-3-7-16(25)8-4-14)11-20(33-18)27-19(28)9-10-26-23(27)31;1-2/h1-10,17-18,20H,11-12H2,(H,26,31);1-2H3/t17-,18?,20-;/m1./s1. The summed E-state index contributed by atoms with van der Waals surface area (Å²) in [6.07, 6.45) is -1.64. The molecule has 0 radical (unpaired) electrons. The van der Waals surface area contributed by atoms with Crippen LogP contribution in [-0.4, -0.2) is 40.3 Å². The first-order valence-corrected chi connectivity index (χ1v) is 11.9. The third kappa shape index (κ3) is 6.63. The first-order chi connectivity index (χ1) is 17.3. The van der Waals surface area contributed by atoms with Crippen LogP contribution in [0.1, 0.15) is 47.2 Å². The quantitative estimate of drug-likeness (QED) is 0.470. The highest BCUT2D eigenvalue weighted by Gasteiger charge is 2.41. The normalized spacial score (nSPS) is 18.6. The molecule has 190 valence electrons. The number of hydrogen-bond acceptors (Lipinski definition) is 7. The summed E-state index contributed by atoms with van der Waals surface area (Å²) in [5.41, 5.74) is -0.752. The molecular weight excluding hydrogens is 511 g/mol. The highest BCUT2D eigenvalue weighted by atomic mass is 35.5. The van der Waals surface area contributed by atoms with Crippen molar-refractivity contribution in [3.8, 4) is 0 Å². The summed E-state index contributed by atoms with van der Waals surface area (Å²) in [6, 6.07) is 13.4. The lowest BCUT2D eigenvalue weighted by Crippen LogP contribution is -2.37. The third-order valence-electron chi connectivity index (χ3n) is 5.15. The Morgan fingerprint density at radius 2 is 1.50 bits per heavy atom. The van der Waals surface area contributed by atoms with E-state index in [2.05, 4.69) is 4.98 Å². The van der Waals surface area contributed by atoms with Gasteiger partial charge in [-0.1, -0.05) is 37.0 Å². The first-order valence-electron chi connectivity index (χ1n) is 11.2. The molecule has 9 nitrogen and oxygen atoms in total. The molecule has 1 aliphatic rings. The molecule has 1 aliphatic heterocycles. The van der Waals surface area contributed by atoms with Gasteiger partial charge in [0.1, 0.15) is 25.0 Å². The maximum atomic E-state index is 12.6. The SMILES string of the molecule is CC.O=C(OCC1O[C@@H](n2c(=O)cc[nH]c2=O)C[C@H]1OC(=O)c1ccc(Cl)cc1)c1ccc(Cl)cc1. The van der Waals surface area contributed by atoms with Crippen molar-refractivity contribution in [3.05, 3.63) is 103 Å². The van der Waals surface area contributed by atoms with E-state index < -0.39 is 41.6 Å². The highest BCUT2D eigenvalue weighted by molar-refractivity contribution is 6.31. The van der Waals surface area contributed by atoms with Gasteiger partial charge in [0.2, 0.25) is 0 Å². The van der Waals surface area contributed by atoms with Gasteiger partial charge in [-0.25, -0.2) is 19.0 Å². The van der Waals surface area contributed by atoms with Crippen molar-refractivity contribution in [1.82, 2.24) is 9.55 Å². The Bertz CT molecular complexity index is 1280. The summed E-state index contributed by atoms with van der Waals surface area (Å²) in [5.74, 6) is -1.30. The molecule has 36 heavy (non-hydrogen) atoms. The van der Waals surface area contributed by atoms with E-state index in [1.165, 1.54) is 36.5 Å². The fourth-order valence-electron chi connectivity index (χ4n) is 3.46. The van der Waals surface area contributed by atoms with Gasteiger partial charge in [0.05, 0.1) is 11.1 Å². The van der Waals surface area contributed by atoms with E-state index in [1.54, 1.807) is 24.3 Å². The summed E-state index contributed by atoms with van der Waals surface area (Å²) < 4.78 is 17.6. The number of nitrogens with zero attached hydrogens (tertiary/aromatic N) is 1. The van der Waals surface area contributed by atoms with E-state index in [4.69, 9.17) is 37.4 Å². The van der Waals surface area contributed by atoms with Crippen LogP contribution in [-0.2, 0) is 14.2 Å². The molecule has 2 aromatic carbocycles. The number of aromatic amines is 1. The number of carbonyl (C=O) groups excluding carboxylic acids is 2. The van der Waals surface area contributed by atoms with Crippen molar-refractivity contribution in [2.45, 2.75) is 38.7 Å². The molecule has 1 unspecified atom stereocenters. The number of rotatable bonds is 6. The van der Waals surface area contributed by atoms with Crippen molar-refractivity contribution >= 4 is 35.1 Å². The Labute approximate surface area is 216 Å². The van der Waals surface area contributed by atoms with Crippen LogP contribution < -0.4 is 11.2 Å². The molecule has 3 atom stereocenters. The molecule has 3 aromatic rings. The average Bonchev–Trinajstić information content (AvgIpc) is 3.26. The lowest BCUT2D eigenvalue weighted by Gasteiger charge is -2.19. The second-order valence-electron chi connectivity index (χ2n) is 7.41. The molecule has 4 rings (SSSR count). The van der Waals surface area contributed by atoms with Gasteiger partial charge < -0.3 is 19.2 Å². The Balaban J connectivity index is 0.00000176. The van der Waals surface area contributed by atoms with Crippen LogP contribution in [0.4, 0.5) is 0 Å². The molecule has 1 aromatic heterocycles. The highest BCUT2D eigenvalue weighted by Crippen LogP contribution is 2.30. The number of carbonyl (C=O) groups is 2. The number of aromatic nitrogens is 2. The van der Waals surface area contributed by atoms with E-state index in [9.17, 15) is 19.2 Å². The Morgan fingerprint density at radius 3 is 2.06 bits per heavy atom. The number of H-pyrrole nitrogens is 1. The maximum absolute atomic E-state index is 12.6. The van der Waals surface area contributed by atoms with Crippen LogP contribution in [0.5, 0.6) is 0 Å². The molecule has 2 heterocycles. The minimum Gasteiger partial charge on any atom is -0.459 e. The van der Waals surface area contributed by atoms with E-state index in [-0.39, 0.29) is 24.2 Å². The number of nitrogens with one attached hydrogen (secondary N) is 1. The number of halogens is 2. The van der Waals surface area contributed by atoms with Gasteiger partial charge in [-0.05, 0) is 48.5 Å². The second-order valence-corrected chi connectivity index (χ2v) is 8.28. The predicted molar refractivity (Wildman–Crippen MR) is 134 cm³/mol. The van der Waals surface area contributed by atoms with Crippen LogP contribution in [0.15, 0.2) is 70.4 Å². The number of esters is 2. The molecule has 0 amide bonds. The van der Waals surface area contributed by atoms with Gasteiger partial charge >= 0.3 is 17.6 Å². The number of ether oxygens (including phenoxy) is 3. The van der Waals surface area contributed by atoms with Gasteiger partial charge in [-0.3, -0.25) is 4.79 Å². The van der Waals surface area contributed by atoms with E-state index in [0.29, 0.717) is 10.0 Å². The van der Waals surface area contributed by atoms with Crippen molar-refractivity contribution in [2.24, 2.45) is 0 Å². The Hall–Kier alpha value is -3.40. The van der Waals surface area contributed by atoms with Gasteiger partial charge in [-0.15, -0.1) is 0 Å². The summed E-state index contributed by atoms with van der Waals surface area (Å²) in [4.78, 5) is 51.9. The zero-order chi connectivity index (χ0) is 26.2. The largest absolute Gasteiger partial charge is 0.459 e. The van der Waals surface area contributed by atoms with Gasteiger partial charge in [-0.2, -0.15) is 0 Å². The average molecular weight is 535 g/mol. The molecular formula is C25H24Cl2N2O7. The molecule has 1 saturated heterocycles. The van der Waals surface area contributed by atoms with E-state index in [0.717, 1.165) is 4.57 Å². The molecule has 11 heteroatoms. The van der Waals surface area contributed by atoms with Gasteiger partial charge in [0, 0.05) is 28.7 Å². The monoisotopic (exact) mass is 534 g/mol. The van der Waals surface area contributed by atoms with E-state index in [1.807, 2.05) is 13.8 Å². The van der Waals surface area contributed by atoms with Gasteiger partial charge in [0.25, 0.3) is 5.56 Å². The fraction of sp³-hybridized carbons (Fsp3) is 0.280. The molecule has 1 fully saturated rings. The summed E-state index contributed by atoms with van der Waals surface area (Å²) in [7, 11) is 0. The summed E-state index contributed by atoms with van der Waals surface area (Å²) >= 11 is 11.7. The first kappa shape index (κ1) is 27.2. The molecule has 0 bridgehead atoms. The van der Waals surface area contributed by atoms with Crippen molar-refractivity contribution < 1.29 is 23.8 Å². The Kier molecular flexibility index (Phi) is 9.46. The van der Waals surface area contributed by atoms with Crippen molar-refractivity contribution in [1.29, 1.82) is 0 Å². The molecule has 1 N–H and O–H groups in total. The van der Waals surface area contributed by atoms with E-state index >= 15 is 0 Å². The molecule has 0 saturated carbocycles. The van der Waals surface area contributed by atoms with Crippen LogP contribution in [0, 0.1) is 0 Å².